The number of hydrogen-bond donors (Lipinski definition) is 2. The van der Waals surface area contributed by atoms with E-state index in [1.54, 1.807) is 31.2 Å². The van der Waals surface area contributed by atoms with Crippen LogP contribution in [0.5, 0.6) is 0 Å². The molecule has 2 aromatic rings. The number of hydrogen-bond acceptors (Lipinski definition) is 4. The predicted octanol–water partition coefficient (Wildman–Crippen LogP) is 2.68. The minimum absolute atomic E-state index is 0.0435. The zero-order valence-electron chi connectivity index (χ0n) is 8.90. The van der Waals surface area contributed by atoms with Crippen LogP contribution in [0.15, 0.2) is 28.8 Å². The van der Waals surface area contributed by atoms with Gasteiger partial charge in [-0.3, -0.25) is 5.32 Å². The lowest BCUT2D eigenvalue weighted by atomic mass is 10.3. The largest absolute Gasteiger partial charge is 0.329 e. The number of amides is 2. The highest BCUT2D eigenvalue weighted by Gasteiger charge is 2.07. The van der Waals surface area contributed by atoms with Crippen LogP contribution in [0.25, 0.3) is 0 Å². The SMILES string of the molecule is Cc1noc(NC(=O)Nc2cccc(Cl)c2)n1. The van der Waals surface area contributed by atoms with Crippen molar-refractivity contribution in [3.8, 4) is 0 Å². The molecule has 0 saturated carbocycles. The smallest absolute Gasteiger partial charge is 0.315 e. The first-order chi connectivity index (χ1) is 8.13. The van der Waals surface area contributed by atoms with Crippen LogP contribution in [0.3, 0.4) is 0 Å². The summed E-state index contributed by atoms with van der Waals surface area (Å²) in [5.74, 6) is 0.447. The van der Waals surface area contributed by atoms with Gasteiger partial charge in [-0.05, 0) is 25.1 Å². The maximum atomic E-state index is 11.5. The van der Waals surface area contributed by atoms with E-state index in [9.17, 15) is 4.79 Å². The predicted molar refractivity (Wildman–Crippen MR) is 63.1 cm³/mol. The van der Waals surface area contributed by atoms with Crippen LogP contribution in [0.2, 0.25) is 5.02 Å². The van der Waals surface area contributed by atoms with Crippen molar-refractivity contribution in [3.05, 3.63) is 35.1 Å². The summed E-state index contributed by atoms with van der Waals surface area (Å²) in [6.07, 6.45) is 0. The van der Waals surface area contributed by atoms with Crippen molar-refractivity contribution >= 4 is 29.3 Å². The minimum Gasteiger partial charge on any atom is -0.315 e. The van der Waals surface area contributed by atoms with Gasteiger partial charge in [0, 0.05) is 10.7 Å². The van der Waals surface area contributed by atoms with Crippen LogP contribution in [0.4, 0.5) is 16.5 Å². The second-order valence-electron chi connectivity index (χ2n) is 3.24. The van der Waals surface area contributed by atoms with E-state index in [1.807, 2.05) is 0 Å². The molecule has 17 heavy (non-hydrogen) atoms. The summed E-state index contributed by atoms with van der Waals surface area (Å²) in [7, 11) is 0. The molecule has 2 rings (SSSR count). The van der Waals surface area contributed by atoms with Crippen molar-refractivity contribution in [1.29, 1.82) is 0 Å². The number of carbonyl (C=O) groups excluding carboxylic acids is 1. The topological polar surface area (TPSA) is 80.0 Å². The molecule has 2 amide bonds. The average Bonchev–Trinajstić information content (AvgIpc) is 2.63. The van der Waals surface area contributed by atoms with E-state index >= 15 is 0 Å². The molecule has 0 radical (unpaired) electrons. The third kappa shape index (κ3) is 3.18. The molecule has 1 aromatic carbocycles. The second kappa shape index (κ2) is 4.84. The molecule has 0 aliphatic heterocycles. The number of nitrogens with one attached hydrogen (secondary N) is 2. The molecular weight excluding hydrogens is 244 g/mol. The Labute approximate surface area is 102 Å². The van der Waals surface area contributed by atoms with Crippen LogP contribution in [-0.4, -0.2) is 16.2 Å². The highest BCUT2D eigenvalue weighted by Crippen LogP contribution is 2.15. The Bertz CT molecular complexity index is 541. The van der Waals surface area contributed by atoms with E-state index in [0.717, 1.165) is 0 Å². The number of anilines is 2. The van der Waals surface area contributed by atoms with Gasteiger partial charge in [-0.25, -0.2) is 4.79 Å². The molecule has 88 valence electrons. The van der Waals surface area contributed by atoms with Crippen molar-refractivity contribution in [2.75, 3.05) is 10.6 Å². The standard InChI is InChI=1S/C10H9ClN4O2/c1-6-12-10(17-15-6)14-9(16)13-8-4-2-3-7(11)5-8/h2-5H,1H3,(H2,12,13,14,15,16). The summed E-state index contributed by atoms with van der Waals surface area (Å²) in [5, 5.41) is 9.05. The van der Waals surface area contributed by atoms with Crippen LogP contribution in [-0.2, 0) is 0 Å². The fourth-order valence-corrected chi connectivity index (χ4v) is 1.36. The summed E-state index contributed by atoms with van der Waals surface area (Å²) in [6, 6.07) is 6.35. The average molecular weight is 253 g/mol. The Morgan fingerprint density at radius 1 is 1.41 bits per heavy atom. The van der Waals surface area contributed by atoms with E-state index in [1.165, 1.54) is 0 Å². The summed E-state index contributed by atoms with van der Waals surface area (Å²) >= 11 is 5.78. The molecule has 0 fully saturated rings. The lowest BCUT2D eigenvalue weighted by Crippen LogP contribution is -2.19. The van der Waals surface area contributed by atoms with Crippen LogP contribution >= 0.6 is 11.6 Å². The van der Waals surface area contributed by atoms with Gasteiger partial charge in [-0.15, -0.1) is 0 Å². The van der Waals surface area contributed by atoms with Gasteiger partial charge in [0.1, 0.15) is 0 Å². The first-order valence-corrected chi connectivity index (χ1v) is 5.15. The maximum absolute atomic E-state index is 11.5. The van der Waals surface area contributed by atoms with Crippen molar-refractivity contribution in [2.45, 2.75) is 6.92 Å². The van der Waals surface area contributed by atoms with E-state index in [4.69, 9.17) is 16.1 Å². The van der Waals surface area contributed by atoms with Crippen LogP contribution in [0.1, 0.15) is 5.82 Å². The Hall–Kier alpha value is -2.08. The zero-order valence-corrected chi connectivity index (χ0v) is 9.65. The normalized spacial score (nSPS) is 10.0. The van der Waals surface area contributed by atoms with Gasteiger partial charge in [-0.2, -0.15) is 4.98 Å². The molecule has 0 atom stereocenters. The molecule has 0 bridgehead atoms. The van der Waals surface area contributed by atoms with Crippen molar-refractivity contribution in [3.63, 3.8) is 0 Å². The van der Waals surface area contributed by atoms with Gasteiger partial charge in [0.25, 0.3) is 0 Å². The molecule has 1 heterocycles. The number of carbonyl (C=O) groups is 1. The third-order valence-electron chi connectivity index (χ3n) is 1.83. The maximum Gasteiger partial charge on any atom is 0.329 e. The van der Waals surface area contributed by atoms with Gasteiger partial charge in [-0.1, -0.05) is 22.8 Å². The number of benzene rings is 1. The van der Waals surface area contributed by atoms with Gasteiger partial charge in [0.05, 0.1) is 0 Å². The lowest BCUT2D eigenvalue weighted by Gasteiger charge is -2.04. The zero-order chi connectivity index (χ0) is 12.3. The number of aryl methyl sites for hydroxylation is 1. The Kier molecular flexibility index (Phi) is 3.24. The fraction of sp³-hybridized carbons (Fsp3) is 0.100. The first kappa shape index (κ1) is 11.4. The summed E-state index contributed by atoms with van der Waals surface area (Å²) < 4.78 is 4.74. The summed E-state index contributed by atoms with van der Waals surface area (Å²) in [6.45, 7) is 1.66. The fourth-order valence-electron chi connectivity index (χ4n) is 1.17. The van der Waals surface area contributed by atoms with E-state index in [-0.39, 0.29) is 6.01 Å². The van der Waals surface area contributed by atoms with Crippen molar-refractivity contribution in [2.24, 2.45) is 0 Å². The van der Waals surface area contributed by atoms with Gasteiger partial charge >= 0.3 is 12.0 Å². The Morgan fingerprint density at radius 3 is 2.88 bits per heavy atom. The Balaban J connectivity index is 1.98. The third-order valence-corrected chi connectivity index (χ3v) is 2.07. The summed E-state index contributed by atoms with van der Waals surface area (Å²) in [5.41, 5.74) is 0.575. The van der Waals surface area contributed by atoms with Gasteiger partial charge < -0.3 is 9.84 Å². The van der Waals surface area contributed by atoms with Crippen LogP contribution in [0, 0.1) is 6.92 Å². The van der Waals surface area contributed by atoms with Gasteiger partial charge in [0.2, 0.25) is 0 Å². The van der Waals surface area contributed by atoms with Crippen molar-refractivity contribution in [1.82, 2.24) is 10.1 Å². The number of rotatable bonds is 2. The molecule has 6 nitrogen and oxygen atoms in total. The molecule has 0 aliphatic carbocycles. The van der Waals surface area contributed by atoms with Crippen LogP contribution < -0.4 is 10.6 Å². The Morgan fingerprint density at radius 2 is 2.24 bits per heavy atom. The molecule has 0 aliphatic rings. The molecule has 7 heteroatoms. The lowest BCUT2D eigenvalue weighted by molar-refractivity contribution is 0.261. The van der Waals surface area contributed by atoms with E-state index in [0.29, 0.717) is 16.5 Å². The van der Waals surface area contributed by atoms with Gasteiger partial charge in [0.15, 0.2) is 5.82 Å². The van der Waals surface area contributed by atoms with E-state index in [2.05, 4.69) is 20.8 Å². The molecular formula is C10H9ClN4O2. The second-order valence-corrected chi connectivity index (χ2v) is 3.67. The summed E-state index contributed by atoms with van der Waals surface area (Å²) in [4.78, 5) is 15.3. The number of halogens is 1. The van der Waals surface area contributed by atoms with E-state index < -0.39 is 6.03 Å². The minimum atomic E-state index is -0.476. The molecule has 0 unspecified atom stereocenters. The quantitative estimate of drug-likeness (QED) is 0.861. The first-order valence-electron chi connectivity index (χ1n) is 4.77. The molecule has 2 N–H and O–H groups in total. The monoisotopic (exact) mass is 252 g/mol. The van der Waals surface area contributed by atoms with Crippen molar-refractivity contribution < 1.29 is 9.32 Å². The number of aromatic nitrogens is 2. The highest BCUT2D eigenvalue weighted by molar-refractivity contribution is 6.30. The number of urea groups is 1. The molecule has 1 aromatic heterocycles. The molecule has 0 spiro atoms. The molecule has 0 saturated heterocycles. The number of nitrogens with zero attached hydrogens (tertiary/aromatic N) is 2. The highest BCUT2D eigenvalue weighted by atomic mass is 35.5.